The van der Waals surface area contributed by atoms with Crippen molar-refractivity contribution in [2.75, 3.05) is 19.5 Å². The Balaban J connectivity index is 2.64. The predicted molar refractivity (Wildman–Crippen MR) is 71.4 cm³/mol. The molecule has 0 aromatic carbocycles. The van der Waals surface area contributed by atoms with E-state index in [9.17, 15) is 8.42 Å². The highest BCUT2D eigenvalue weighted by atomic mass is 32.2. The minimum absolute atomic E-state index is 0.0468. The molecule has 0 amide bonds. The van der Waals surface area contributed by atoms with Crippen molar-refractivity contribution in [2.45, 2.75) is 37.6 Å². The molecule has 1 saturated carbocycles. The largest absolute Gasteiger partial charge is 0.392 e. The average Bonchev–Trinajstić information content (AvgIpc) is 2.67. The molecular formula is C10H20N2O3S2. The van der Waals surface area contributed by atoms with E-state index in [1.165, 1.54) is 0 Å². The Hall–Kier alpha value is -0.240. The van der Waals surface area contributed by atoms with Crippen molar-refractivity contribution >= 4 is 27.2 Å². The van der Waals surface area contributed by atoms with E-state index >= 15 is 0 Å². The fourth-order valence-corrected chi connectivity index (χ4v) is 3.95. The molecule has 0 aliphatic heterocycles. The van der Waals surface area contributed by atoms with Gasteiger partial charge in [-0.3, -0.25) is 0 Å². The summed E-state index contributed by atoms with van der Waals surface area (Å²) in [6, 6.07) is 0. The minimum Gasteiger partial charge on any atom is -0.392 e. The monoisotopic (exact) mass is 280 g/mol. The second kappa shape index (κ2) is 6.08. The molecule has 0 heterocycles. The number of ether oxygens (including phenoxy) is 1. The third kappa shape index (κ3) is 4.17. The maximum absolute atomic E-state index is 11.9. The van der Waals surface area contributed by atoms with E-state index in [0.717, 1.165) is 12.8 Å². The number of sulfonamides is 1. The smallest absolute Gasteiger partial charge is 0.212 e. The summed E-state index contributed by atoms with van der Waals surface area (Å²) >= 11 is 5.00. The molecule has 0 unspecified atom stereocenters. The van der Waals surface area contributed by atoms with E-state index < -0.39 is 15.6 Å². The van der Waals surface area contributed by atoms with Crippen LogP contribution in [0.15, 0.2) is 0 Å². The van der Waals surface area contributed by atoms with Crippen LogP contribution in [0.2, 0.25) is 0 Å². The molecule has 0 aromatic rings. The lowest BCUT2D eigenvalue weighted by Gasteiger charge is -2.28. The number of hydrogen-bond acceptors (Lipinski definition) is 4. The van der Waals surface area contributed by atoms with Crippen molar-refractivity contribution in [3.63, 3.8) is 0 Å². The van der Waals surface area contributed by atoms with E-state index in [4.69, 9.17) is 22.7 Å². The molecule has 0 atom stereocenters. The number of nitrogens with two attached hydrogens (primary N) is 1. The summed E-state index contributed by atoms with van der Waals surface area (Å²) in [6.45, 7) is 0.432. The molecule has 100 valence electrons. The van der Waals surface area contributed by atoms with E-state index in [-0.39, 0.29) is 10.7 Å². The summed E-state index contributed by atoms with van der Waals surface area (Å²) in [7, 11) is -1.79. The maximum Gasteiger partial charge on any atom is 0.212 e. The van der Waals surface area contributed by atoms with Gasteiger partial charge in [-0.1, -0.05) is 25.1 Å². The molecule has 5 nitrogen and oxygen atoms in total. The van der Waals surface area contributed by atoms with Crippen LogP contribution >= 0.6 is 12.2 Å². The van der Waals surface area contributed by atoms with Gasteiger partial charge in [0.2, 0.25) is 10.0 Å². The quantitative estimate of drug-likeness (QED) is 0.525. The molecule has 7 heteroatoms. The third-order valence-electron chi connectivity index (χ3n) is 3.04. The maximum atomic E-state index is 11.9. The first-order valence-electron chi connectivity index (χ1n) is 5.72. The van der Waals surface area contributed by atoms with Crippen molar-refractivity contribution in [2.24, 2.45) is 5.73 Å². The lowest BCUT2D eigenvalue weighted by molar-refractivity contribution is 0.199. The molecule has 3 N–H and O–H groups in total. The summed E-state index contributed by atoms with van der Waals surface area (Å²) in [5.74, 6) is 0.0468. The molecule has 0 spiro atoms. The van der Waals surface area contributed by atoms with Gasteiger partial charge in [-0.25, -0.2) is 13.1 Å². The van der Waals surface area contributed by atoms with Gasteiger partial charge in [-0.05, 0) is 19.3 Å². The number of nitrogens with one attached hydrogen (secondary N) is 1. The van der Waals surface area contributed by atoms with Gasteiger partial charge in [0, 0.05) is 13.7 Å². The van der Waals surface area contributed by atoms with Crippen LogP contribution < -0.4 is 10.5 Å². The molecule has 1 aliphatic rings. The summed E-state index contributed by atoms with van der Waals surface area (Å²) in [4.78, 5) is 0.255. The Morgan fingerprint density at radius 3 is 2.53 bits per heavy atom. The molecule has 1 aliphatic carbocycles. The van der Waals surface area contributed by atoms with E-state index in [0.29, 0.717) is 25.9 Å². The lowest BCUT2D eigenvalue weighted by Crippen LogP contribution is -2.55. The number of thiocarbonyl (C=S) groups is 1. The fraction of sp³-hybridized carbons (Fsp3) is 0.900. The van der Waals surface area contributed by atoms with E-state index in [1.54, 1.807) is 7.11 Å². The summed E-state index contributed by atoms with van der Waals surface area (Å²) in [5, 5.41) is 0. The second-order valence-corrected chi connectivity index (χ2v) is 6.70. The van der Waals surface area contributed by atoms with Gasteiger partial charge in [0.1, 0.15) is 0 Å². The molecule has 0 aromatic heterocycles. The minimum atomic E-state index is -3.34. The predicted octanol–water partition coefficient (Wildman–Crippen LogP) is 0.541. The second-order valence-electron chi connectivity index (χ2n) is 4.42. The van der Waals surface area contributed by atoms with E-state index in [1.807, 2.05) is 0 Å². The molecule has 0 radical (unpaired) electrons. The zero-order chi connectivity index (χ0) is 12.9. The third-order valence-corrected chi connectivity index (χ3v) is 4.96. The highest BCUT2D eigenvalue weighted by Crippen LogP contribution is 2.30. The van der Waals surface area contributed by atoms with Gasteiger partial charge in [-0.2, -0.15) is 0 Å². The number of hydrogen-bond donors (Lipinski definition) is 2. The van der Waals surface area contributed by atoms with Gasteiger partial charge >= 0.3 is 0 Å². The van der Waals surface area contributed by atoms with Gasteiger partial charge in [0.25, 0.3) is 0 Å². The molecule has 0 saturated heterocycles. The molecular weight excluding hydrogens is 260 g/mol. The molecule has 1 fully saturated rings. The van der Waals surface area contributed by atoms with Crippen molar-refractivity contribution in [1.82, 2.24) is 4.72 Å². The van der Waals surface area contributed by atoms with Crippen LogP contribution in [0.5, 0.6) is 0 Å². The fourth-order valence-electron chi connectivity index (χ4n) is 2.12. The average molecular weight is 280 g/mol. The Morgan fingerprint density at radius 2 is 2.06 bits per heavy atom. The Labute approximate surface area is 108 Å². The van der Waals surface area contributed by atoms with Crippen LogP contribution in [0.1, 0.15) is 32.1 Å². The molecule has 1 rings (SSSR count). The molecule has 17 heavy (non-hydrogen) atoms. The summed E-state index contributed by atoms with van der Waals surface area (Å²) in [5.41, 5.74) is 4.98. The van der Waals surface area contributed by atoms with Crippen molar-refractivity contribution in [1.29, 1.82) is 0 Å². The zero-order valence-electron chi connectivity index (χ0n) is 10.1. The summed E-state index contributed by atoms with van der Waals surface area (Å²) in [6.07, 6.45) is 3.78. The van der Waals surface area contributed by atoms with Crippen LogP contribution in [-0.4, -0.2) is 38.4 Å². The highest BCUT2D eigenvalue weighted by Gasteiger charge is 2.39. The zero-order valence-corrected chi connectivity index (χ0v) is 11.7. The van der Waals surface area contributed by atoms with Gasteiger partial charge in [0.05, 0.1) is 16.3 Å². The Bertz CT molecular complexity index is 362. The van der Waals surface area contributed by atoms with Crippen LogP contribution in [0, 0.1) is 0 Å². The van der Waals surface area contributed by atoms with Crippen molar-refractivity contribution < 1.29 is 13.2 Å². The Kier molecular flexibility index (Phi) is 5.30. The number of methoxy groups -OCH3 is 1. The molecule has 0 bridgehead atoms. The van der Waals surface area contributed by atoms with Crippen LogP contribution in [0.25, 0.3) is 0 Å². The number of rotatable bonds is 7. The first kappa shape index (κ1) is 14.8. The van der Waals surface area contributed by atoms with Crippen molar-refractivity contribution in [3.8, 4) is 0 Å². The first-order chi connectivity index (χ1) is 7.92. The SMILES string of the molecule is COCCCS(=O)(=O)NC1(C(N)=S)CCCC1. The van der Waals surface area contributed by atoms with Crippen LogP contribution in [0.4, 0.5) is 0 Å². The van der Waals surface area contributed by atoms with Crippen LogP contribution in [-0.2, 0) is 14.8 Å². The van der Waals surface area contributed by atoms with Gasteiger partial charge < -0.3 is 10.5 Å². The summed E-state index contributed by atoms with van der Waals surface area (Å²) < 4.78 is 31.3. The normalized spacial score (nSPS) is 19.4. The standard InChI is InChI=1S/C10H20N2O3S2/c1-15-7-4-8-17(13,14)12-10(9(11)16)5-2-3-6-10/h12H,2-8H2,1H3,(H2,11,16). The van der Waals surface area contributed by atoms with Crippen molar-refractivity contribution in [3.05, 3.63) is 0 Å². The topological polar surface area (TPSA) is 81.4 Å². The van der Waals surface area contributed by atoms with Gasteiger partial charge in [0.15, 0.2) is 0 Å². The lowest BCUT2D eigenvalue weighted by atomic mass is 10.00. The van der Waals surface area contributed by atoms with Crippen LogP contribution in [0.3, 0.4) is 0 Å². The van der Waals surface area contributed by atoms with Gasteiger partial charge in [-0.15, -0.1) is 0 Å². The highest BCUT2D eigenvalue weighted by molar-refractivity contribution is 7.89. The Morgan fingerprint density at radius 1 is 1.47 bits per heavy atom. The van der Waals surface area contributed by atoms with E-state index in [2.05, 4.69) is 4.72 Å². The first-order valence-corrected chi connectivity index (χ1v) is 7.78.